The molecule has 0 spiro atoms. The van der Waals surface area contributed by atoms with E-state index in [1.54, 1.807) is 14.2 Å². The van der Waals surface area contributed by atoms with Crippen LogP contribution in [-0.4, -0.2) is 75.9 Å². The maximum Gasteiger partial charge on any atom is 0.236 e. The third-order valence-electron chi connectivity index (χ3n) is 3.59. The van der Waals surface area contributed by atoms with Crippen molar-refractivity contribution < 1.29 is 14.3 Å². The molecule has 5 nitrogen and oxygen atoms in total. The van der Waals surface area contributed by atoms with Crippen molar-refractivity contribution in [1.29, 1.82) is 0 Å². The van der Waals surface area contributed by atoms with Crippen molar-refractivity contribution in [2.24, 2.45) is 5.92 Å². The van der Waals surface area contributed by atoms with Crippen LogP contribution in [0.15, 0.2) is 0 Å². The number of ether oxygens (including phenoxy) is 2. The van der Waals surface area contributed by atoms with Crippen LogP contribution in [0.5, 0.6) is 0 Å². The van der Waals surface area contributed by atoms with E-state index in [0.717, 1.165) is 32.6 Å². The van der Waals surface area contributed by atoms with E-state index in [-0.39, 0.29) is 5.91 Å². The van der Waals surface area contributed by atoms with Gasteiger partial charge in [-0.05, 0) is 18.8 Å². The minimum Gasteiger partial charge on any atom is -0.383 e. The van der Waals surface area contributed by atoms with Crippen LogP contribution < -0.4 is 0 Å². The number of carbonyl (C=O) groups excluding carboxylic acids is 1. The van der Waals surface area contributed by atoms with Crippen molar-refractivity contribution in [2.75, 3.05) is 60.2 Å². The molecule has 1 heterocycles. The molecule has 5 heteroatoms. The predicted molar refractivity (Wildman–Crippen MR) is 75.2 cm³/mol. The Morgan fingerprint density at radius 2 is 1.89 bits per heavy atom. The first kappa shape index (κ1) is 16.4. The highest BCUT2D eigenvalue weighted by molar-refractivity contribution is 5.78. The molecule has 1 unspecified atom stereocenters. The molecule has 1 saturated heterocycles. The second kappa shape index (κ2) is 9.28. The molecular formula is C14H28N2O3. The van der Waals surface area contributed by atoms with Gasteiger partial charge in [0.25, 0.3) is 0 Å². The van der Waals surface area contributed by atoms with Gasteiger partial charge in [0.15, 0.2) is 0 Å². The van der Waals surface area contributed by atoms with E-state index in [1.165, 1.54) is 6.42 Å². The highest BCUT2D eigenvalue weighted by Gasteiger charge is 2.22. The van der Waals surface area contributed by atoms with Crippen LogP contribution in [0.1, 0.15) is 19.8 Å². The zero-order chi connectivity index (χ0) is 14.1. The smallest absolute Gasteiger partial charge is 0.236 e. The summed E-state index contributed by atoms with van der Waals surface area (Å²) in [5.74, 6) is 0.864. The fourth-order valence-electron chi connectivity index (χ4n) is 2.42. The molecule has 112 valence electrons. The van der Waals surface area contributed by atoms with Crippen molar-refractivity contribution in [2.45, 2.75) is 19.8 Å². The number of rotatable bonds is 8. The molecule has 1 atom stereocenters. The molecule has 1 fully saturated rings. The van der Waals surface area contributed by atoms with Crippen LogP contribution >= 0.6 is 0 Å². The van der Waals surface area contributed by atoms with Crippen LogP contribution in [0.3, 0.4) is 0 Å². The van der Waals surface area contributed by atoms with E-state index in [2.05, 4.69) is 11.8 Å². The summed E-state index contributed by atoms with van der Waals surface area (Å²) in [7, 11) is 3.37. The van der Waals surface area contributed by atoms with Gasteiger partial charge in [0.1, 0.15) is 0 Å². The van der Waals surface area contributed by atoms with Crippen LogP contribution in [0.2, 0.25) is 0 Å². The monoisotopic (exact) mass is 272 g/mol. The minimum atomic E-state index is 0.235. The lowest BCUT2D eigenvalue weighted by Gasteiger charge is -2.33. The van der Waals surface area contributed by atoms with Gasteiger partial charge in [0.05, 0.1) is 19.8 Å². The average Bonchev–Trinajstić information content (AvgIpc) is 2.41. The fraction of sp³-hybridized carbons (Fsp3) is 0.929. The third-order valence-corrected chi connectivity index (χ3v) is 3.59. The number of likely N-dealkylation sites (tertiary alicyclic amines) is 1. The predicted octanol–water partition coefficient (Wildman–Crippen LogP) is 0.840. The molecule has 19 heavy (non-hydrogen) atoms. The summed E-state index contributed by atoms with van der Waals surface area (Å²) in [5, 5.41) is 0. The molecule has 1 aliphatic rings. The summed E-state index contributed by atoms with van der Waals surface area (Å²) in [6.45, 7) is 7.34. The number of amides is 1. The molecule has 0 aromatic heterocycles. The summed E-state index contributed by atoms with van der Waals surface area (Å²) in [6.07, 6.45) is 2.36. The Morgan fingerprint density at radius 1 is 1.26 bits per heavy atom. The molecule has 0 aliphatic carbocycles. The van der Waals surface area contributed by atoms with Gasteiger partial charge in [-0.1, -0.05) is 6.92 Å². The highest BCUT2D eigenvalue weighted by Crippen LogP contribution is 2.15. The van der Waals surface area contributed by atoms with Crippen molar-refractivity contribution >= 4 is 5.91 Å². The second-order valence-electron chi connectivity index (χ2n) is 5.35. The summed E-state index contributed by atoms with van der Waals surface area (Å²) >= 11 is 0. The zero-order valence-corrected chi connectivity index (χ0v) is 12.6. The minimum absolute atomic E-state index is 0.235. The second-order valence-corrected chi connectivity index (χ2v) is 5.35. The van der Waals surface area contributed by atoms with Crippen LogP contribution in [0.25, 0.3) is 0 Å². The maximum absolute atomic E-state index is 12.3. The molecule has 0 radical (unpaired) electrons. The van der Waals surface area contributed by atoms with Crippen molar-refractivity contribution in [3.8, 4) is 0 Å². The molecule has 1 aliphatic heterocycles. The average molecular weight is 272 g/mol. The number of methoxy groups -OCH3 is 2. The fourth-order valence-corrected chi connectivity index (χ4v) is 2.42. The first-order valence-electron chi connectivity index (χ1n) is 7.15. The molecule has 0 aromatic rings. The largest absolute Gasteiger partial charge is 0.383 e. The summed E-state index contributed by atoms with van der Waals surface area (Å²) in [4.78, 5) is 16.4. The van der Waals surface area contributed by atoms with Crippen molar-refractivity contribution in [3.05, 3.63) is 0 Å². The first-order valence-corrected chi connectivity index (χ1v) is 7.15. The zero-order valence-electron chi connectivity index (χ0n) is 12.6. The molecule has 0 aromatic carbocycles. The first-order chi connectivity index (χ1) is 9.17. The van der Waals surface area contributed by atoms with Gasteiger partial charge in [0.2, 0.25) is 5.91 Å². The van der Waals surface area contributed by atoms with Gasteiger partial charge in [-0.25, -0.2) is 0 Å². The Morgan fingerprint density at radius 3 is 2.42 bits per heavy atom. The topological polar surface area (TPSA) is 42.0 Å². The van der Waals surface area contributed by atoms with Crippen LogP contribution in [0, 0.1) is 5.92 Å². The lowest BCUT2D eigenvalue weighted by atomic mass is 10.0. The summed E-state index contributed by atoms with van der Waals surface area (Å²) in [5.41, 5.74) is 0. The number of nitrogens with zero attached hydrogens (tertiary/aromatic N) is 2. The van der Waals surface area contributed by atoms with E-state index in [1.807, 2.05) is 4.90 Å². The Balaban J connectivity index is 2.39. The Bertz CT molecular complexity index is 253. The Hall–Kier alpha value is -0.650. The standard InChI is InChI=1S/C14H28N2O3/c1-13-5-4-6-16(11-13)14(17)12-15(7-9-18-2)8-10-19-3/h13H,4-12H2,1-3H3. The van der Waals surface area contributed by atoms with E-state index in [4.69, 9.17) is 9.47 Å². The van der Waals surface area contributed by atoms with E-state index < -0.39 is 0 Å². The lowest BCUT2D eigenvalue weighted by Crippen LogP contribution is -2.46. The number of carbonyl (C=O) groups is 1. The Kier molecular flexibility index (Phi) is 8.02. The molecule has 0 saturated carbocycles. The van der Waals surface area contributed by atoms with Crippen LogP contribution in [-0.2, 0) is 14.3 Å². The van der Waals surface area contributed by atoms with Crippen molar-refractivity contribution in [1.82, 2.24) is 9.80 Å². The number of hydrogen-bond donors (Lipinski definition) is 0. The van der Waals surface area contributed by atoms with Gasteiger partial charge in [0, 0.05) is 40.4 Å². The maximum atomic E-state index is 12.3. The molecule has 0 bridgehead atoms. The Labute approximate surface area is 116 Å². The normalized spacial score (nSPS) is 20.0. The molecule has 0 N–H and O–H groups in total. The summed E-state index contributed by atoms with van der Waals surface area (Å²) < 4.78 is 10.2. The van der Waals surface area contributed by atoms with Crippen LogP contribution in [0.4, 0.5) is 0 Å². The third kappa shape index (κ3) is 6.36. The van der Waals surface area contributed by atoms with Gasteiger partial charge < -0.3 is 14.4 Å². The highest BCUT2D eigenvalue weighted by atomic mass is 16.5. The van der Waals surface area contributed by atoms with Gasteiger partial charge in [-0.2, -0.15) is 0 Å². The molecule has 1 rings (SSSR count). The number of piperidine rings is 1. The number of hydrogen-bond acceptors (Lipinski definition) is 4. The quantitative estimate of drug-likeness (QED) is 0.657. The SMILES string of the molecule is COCCN(CCOC)CC(=O)N1CCCC(C)C1. The van der Waals surface area contributed by atoms with Gasteiger partial charge >= 0.3 is 0 Å². The molecular weight excluding hydrogens is 244 g/mol. The van der Waals surface area contributed by atoms with Crippen molar-refractivity contribution in [3.63, 3.8) is 0 Å². The van der Waals surface area contributed by atoms with E-state index in [9.17, 15) is 4.79 Å². The van der Waals surface area contributed by atoms with Gasteiger partial charge in [-0.15, -0.1) is 0 Å². The van der Waals surface area contributed by atoms with Gasteiger partial charge in [-0.3, -0.25) is 9.69 Å². The summed E-state index contributed by atoms with van der Waals surface area (Å²) in [6, 6.07) is 0. The van der Waals surface area contributed by atoms with E-state index in [0.29, 0.717) is 25.7 Å². The molecule has 1 amide bonds. The lowest BCUT2D eigenvalue weighted by molar-refractivity contribution is -0.134. The van der Waals surface area contributed by atoms with E-state index >= 15 is 0 Å².